The minimum atomic E-state index is 0. The van der Waals surface area contributed by atoms with Crippen LogP contribution in [-0.2, 0) is 4.74 Å². The highest BCUT2D eigenvalue weighted by Crippen LogP contribution is 2.33. The van der Waals surface area contributed by atoms with Gasteiger partial charge in [0.2, 0.25) is 0 Å². The zero-order valence-corrected chi connectivity index (χ0v) is 18.4. The summed E-state index contributed by atoms with van der Waals surface area (Å²) in [7, 11) is 1.80. The van der Waals surface area contributed by atoms with Crippen molar-refractivity contribution in [2.75, 3.05) is 33.1 Å². The fraction of sp³-hybridized carbons (Fsp3) is 0.588. The number of aliphatic imine (C=N–C) groups is 1. The molecule has 136 valence electrons. The Hall–Kier alpha value is -0.180. The van der Waals surface area contributed by atoms with Crippen LogP contribution >= 0.6 is 47.3 Å². The van der Waals surface area contributed by atoms with Crippen molar-refractivity contribution in [1.82, 2.24) is 10.6 Å². The molecule has 1 unspecified atom stereocenters. The summed E-state index contributed by atoms with van der Waals surface area (Å²) in [5.74, 6) is 0.803. The Labute approximate surface area is 171 Å². The predicted molar refractivity (Wildman–Crippen MR) is 116 cm³/mol. The van der Waals surface area contributed by atoms with Gasteiger partial charge in [-0.2, -0.15) is 11.8 Å². The van der Waals surface area contributed by atoms with E-state index in [0.717, 1.165) is 49.1 Å². The average molecular weight is 484 g/mol. The molecule has 2 rings (SSSR count). The zero-order chi connectivity index (χ0) is 16.7. The third kappa shape index (κ3) is 5.97. The third-order valence-corrected chi connectivity index (χ3v) is 6.13. The Morgan fingerprint density at radius 3 is 2.62 bits per heavy atom. The molecule has 1 aliphatic rings. The Morgan fingerprint density at radius 1 is 1.38 bits per heavy atom. The van der Waals surface area contributed by atoms with E-state index < -0.39 is 0 Å². The minimum absolute atomic E-state index is 0. The molecule has 0 radical (unpaired) electrons. The van der Waals surface area contributed by atoms with Gasteiger partial charge >= 0.3 is 0 Å². The number of hydrogen-bond acceptors (Lipinski definition) is 3. The molecule has 0 bridgehead atoms. The highest BCUT2D eigenvalue weighted by Gasteiger charge is 2.31. The normalized spacial score (nSPS) is 18.4. The molecule has 1 fully saturated rings. The van der Waals surface area contributed by atoms with Crippen molar-refractivity contribution < 1.29 is 4.74 Å². The van der Waals surface area contributed by atoms with E-state index in [4.69, 9.17) is 16.3 Å². The summed E-state index contributed by atoms with van der Waals surface area (Å²) < 4.78 is 5.72. The minimum Gasteiger partial charge on any atom is -0.381 e. The Morgan fingerprint density at radius 2 is 2.04 bits per heavy atom. The van der Waals surface area contributed by atoms with Crippen LogP contribution in [0.15, 0.2) is 29.3 Å². The van der Waals surface area contributed by atoms with Crippen LogP contribution in [0, 0.1) is 0 Å². The van der Waals surface area contributed by atoms with Crippen LogP contribution in [0.2, 0.25) is 5.02 Å². The molecule has 1 aromatic rings. The lowest BCUT2D eigenvalue weighted by atomic mass is 9.99. The second-order valence-electron chi connectivity index (χ2n) is 5.81. The summed E-state index contributed by atoms with van der Waals surface area (Å²) in [4.78, 5) is 4.34. The second kappa shape index (κ2) is 10.7. The standard InChI is InChI=1S/C17H26ClN3OS.HI/c1-13(14-6-4-5-7-15(14)18)21-16(19-2)20-12-17(23-3)8-10-22-11-9-17;/h4-7,13H,8-12H2,1-3H3,(H2,19,20,21);1H. The molecule has 0 spiro atoms. The highest BCUT2D eigenvalue weighted by molar-refractivity contribution is 14.0. The topological polar surface area (TPSA) is 45.7 Å². The maximum Gasteiger partial charge on any atom is 0.191 e. The molecular formula is C17H27ClIN3OS. The van der Waals surface area contributed by atoms with Crippen LogP contribution in [0.3, 0.4) is 0 Å². The summed E-state index contributed by atoms with van der Waals surface area (Å²) in [6, 6.07) is 7.99. The number of benzene rings is 1. The van der Waals surface area contributed by atoms with Gasteiger partial charge in [0.05, 0.1) is 6.04 Å². The number of ether oxygens (including phenoxy) is 1. The van der Waals surface area contributed by atoms with Crippen LogP contribution in [-0.4, -0.2) is 43.8 Å². The molecule has 4 nitrogen and oxygen atoms in total. The SMILES string of the molecule is CN=C(NCC1(SC)CCOCC1)NC(C)c1ccccc1Cl.I. The molecule has 1 heterocycles. The highest BCUT2D eigenvalue weighted by atomic mass is 127. The van der Waals surface area contributed by atoms with Gasteiger partial charge in [0, 0.05) is 36.6 Å². The van der Waals surface area contributed by atoms with Gasteiger partial charge in [0.1, 0.15) is 0 Å². The summed E-state index contributed by atoms with van der Waals surface area (Å²) in [5, 5.41) is 7.66. The quantitative estimate of drug-likeness (QED) is 0.376. The Bertz CT molecular complexity index is 538. The van der Waals surface area contributed by atoms with Gasteiger partial charge in [-0.15, -0.1) is 24.0 Å². The number of nitrogens with one attached hydrogen (secondary N) is 2. The zero-order valence-electron chi connectivity index (χ0n) is 14.5. The largest absolute Gasteiger partial charge is 0.381 e. The van der Waals surface area contributed by atoms with E-state index in [1.807, 2.05) is 36.0 Å². The van der Waals surface area contributed by atoms with Gasteiger partial charge < -0.3 is 15.4 Å². The Balaban J connectivity index is 0.00000288. The van der Waals surface area contributed by atoms with E-state index >= 15 is 0 Å². The summed E-state index contributed by atoms with van der Waals surface area (Å²) in [6.45, 7) is 4.65. The van der Waals surface area contributed by atoms with E-state index in [1.165, 1.54) is 0 Å². The fourth-order valence-electron chi connectivity index (χ4n) is 2.75. The molecule has 1 atom stereocenters. The number of nitrogens with zero attached hydrogens (tertiary/aromatic N) is 1. The van der Waals surface area contributed by atoms with Gasteiger partial charge in [-0.3, -0.25) is 4.99 Å². The summed E-state index contributed by atoms with van der Waals surface area (Å²) in [5.41, 5.74) is 1.07. The van der Waals surface area contributed by atoms with E-state index in [9.17, 15) is 0 Å². The van der Waals surface area contributed by atoms with Crippen LogP contribution in [0.1, 0.15) is 31.4 Å². The first kappa shape index (κ1) is 21.9. The molecule has 1 saturated heterocycles. The lowest BCUT2D eigenvalue weighted by Gasteiger charge is -2.36. The lowest BCUT2D eigenvalue weighted by molar-refractivity contribution is 0.0782. The number of hydrogen-bond donors (Lipinski definition) is 2. The number of thioether (sulfide) groups is 1. The maximum atomic E-state index is 6.27. The van der Waals surface area contributed by atoms with Gasteiger partial charge in [0.15, 0.2) is 5.96 Å². The van der Waals surface area contributed by atoms with E-state index in [-0.39, 0.29) is 34.8 Å². The molecule has 0 amide bonds. The first-order valence-electron chi connectivity index (χ1n) is 7.95. The van der Waals surface area contributed by atoms with Gasteiger partial charge in [-0.1, -0.05) is 29.8 Å². The van der Waals surface area contributed by atoms with Crippen molar-refractivity contribution >= 4 is 53.3 Å². The van der Waals surface area contributed by atoms with Crippen molar-refractivity contribution in [3.63, 3.8) is 0 Å². The molecular weight excluding hydrogens is 457 g/mol. The number of halogens is 2. The van der Waals surface area contributed by atoms with Crippen LogP contribution in [0.5, 0.6) is 0 Å². The van der Waals surface area contributed by atoms with Crippen LogP contribution in [0.4, 0.5) is 0 Å². The van der Waals surface area contributed by atoms with Crippen molar-refractivity contribution in [2.24, 2.45) is 4.99 Å². The molecule has 0 aromatic heterocycles. The maximum absolute atomic E-state index is 6.27. The molecule has 7 heteroatoms. The molecule has 1 aliphatic heterocycles. The fourth-order valence-corrected chi connectivity index (χ4v) is 3.84. The molecule has 0 saturated carbocycles. The van der Waals surface area contributed by atoms with Gasteiger partial charge in [0.25, 0.3) is 0 Å². The molecule has 1 aromatic carbocycles. The first-order chi connectivity index (χ1) is 11.1. The summed E-state index contributed by atoms with van der Waals surface area (Å²) >= 11 is 8.19. The first-order valence-corrected chi connectivity index (χ1v) is 9.55. The Kier molecular flexibility index (Phi) is 9.77. The van der Waals surface area contributed by atoms with E-state index in [2.05, 4.69) is 28.8 Å². The van der Waals surface area contributed by atoms with Crippen molar-refractivity contribution in [3.05, 3.63) is 34.9 Å². The average Bonchev–Trinajstić information content (AvgIpc) is 2.59. The van der Waals surface area contributed by atoms with Crippen LogP contribution in [0.25, 0.3) is 0 Å². The second-order valence-corrected chi connectivity index (χ2v) is 7.49. The van der Waals surface area contributed by atoms with Crippen LogP contribution < -0.4 is 10.6 Å². The van der Waals surface area contributed by atoms with E-state index in [1.54, 1.807) is 7.05 Å². The smallest absolute Gasteiger partial charge is 0.191 e. The summed E-state index contributed by atoms with van der Waals surface area (Å²) in [6.07, 6.45) is 4.31. The number of rotatable bonds is 5. The van der Waals surface area contributed by atoms with Gasteiger partial charge in [-0.05, 0) is 37.7 Å². The van der Waals surface area contributed by atoms with Gasteiger partial charge in [-0.25, -0.2) is 0 Å². The number of guanidine groups is 1. The van der Waals surface area contributed by atoms with Crippen molar-refractivity contribution in [2.45, 2.75) is 30.6 Å². The monoisotopic (exact) mass is 483 g/mol. The third-order valence-electron chi connectivity index (χ3n) is 4.36. The van der Waals surface area contributed by atoms with E-state index in [0.29, 0.717) is 0 Å². The molecule has 0 aliphatic carbocycles. The van der Waals surface area contributed by atoms with Crippen molar-refractivity contribution in [1.29, 1.82) is 0 Å². The molecule has 2 N–H and O–H groups in total. The predicted octanol–water partition coefficient (Wildman–Crippen LogP) is 4.10. The lowest BCUT2D eigenvalue weighted by Crippen LogP contribution is -2.48. The van der Waals surface area contributed by atoms with Crippen molar-refractivity contribution in [3.8, 4) is 0 Å². The molecule has 24 heavy (non-hydrogen) atoms.